The van der Waals surface area contributed by atoms with E-state index in [1.165, 1.54) is 16.8 Å². The highest BCUT2D eigenvalue weighted by Crippen LogP contribution is 2.09. The van der Waals surface area contributed by atoms with Crippen LogP contribution in [-0.2, 0) is 11.3 Å². The summed E-state index contributed by atoms with van der Waals surface area (Å²) in [6.45, 7) is 1.96. The Balaban J connectivity index is 2.20. The van der Waals surface area contributed by atoms with Crippen molar-refractivity contribution < 1.29 is 9.18 Å². The smallest absolute Gasteiger partial charge is 0.220 e. The average Bonchev–Trinajstić information content (AvgIpc) is 2.84. The molecule has 94 valence electrons. The van der Waals surface area contributed by atoms with Crippen LogP contribution in [0.3, 0.4) is 0 Å². The molecule has 0 aliphatic rings. The zero-order chi connectivity index (χ0) is 13.0. The van der Waals surface area contributed by atoms with Crippen molar-refractivity contribution in [2.24, 2.45) is 0 Å². The fourth-order valence-corrected chi connectivity index (χ4v) is 1.43. The summed E-state index contributed by atoms with van der Waals surface area (Å²) in [5.41, 5.74) is 0.515. The maximum Gasteiger partial charge on any atom is 0.220 e. The molecule has 0 atom stereocenters. The normalized spacial score (nSPS) is 10.3. The molecule has 2 aromatic rings. The topological polar surface area (TPSA) is 72.7 Å². The van der Waals surface area contributed by atoms with Gasteiger partial charge in [-0.15, -0.1) is 5.10 Å². The van der Waals surface area contributed by atoms with Crippen LogP contribution in [0.1, 0.15) is 19.2 Å². The fourth-order valence-electron chi connectivity index (χ4n) is 1.43. The third-order valence-corrected chi connectivity index (χ3v) is 2.35. The van der Waals surface area contributed by atoms with Gasteiger partial charge in [0.25, 0.3) is 0 Å². The van der Waals surface area contributed by atoms with Gasteiger partial charge in [-0.25, -0.2) is 4.39 Å². The number of hydrogen-bond acceptors (Lipinski definition) is 4. The number of carbonyl (C=O) groups excluding carboxylic acids is 1. The van der Waals surface area contributed by atoms with Crippen LogP contribution in [0.5, 0.6) is 0 Å². The van der Waals surface area contributed by atoms with Gasteiger partial charge in [0.1, 0.15) is 5.82 Å². The second kappa shape index (κ2) is 5.35. The van der Waals surface area contributed by atoms with E-state index in [1.54, 1.807) is 19.1 Å². The maximum absolute atomic E-state index is 13.1. The van der Waals surface area contributed by atoms with Crippen molar-refractivity contribution >= 4 is 5.91 Å². The molecule has 0 aliphatic carbocycles. The largest absolute Gasteiger partial charge is 0.349 e. The molecule has 0 aliphatic heterocycles. The number of amides is 1. The fraction of sp³-hybridized carbons (Fsp3) is 0.273. The van der Waals surface area contributed by atoms with Crippen LogP contribution in [0.25, 0.3) is 5.69 Å². The van der Waals surface area contributed by atoms with Gasteiger partial charge >= 0.3 is 0 Å². The van der Waals surface area contributed by atoms with Gasteiger partial charge in [-0.1, -0.05) is 13.0 Å². The summed E-state index contributed by atoms with van der Waals surface area (Å²) in [7, 11) is 0. The van der Waals surface area contributed by atoms with Crippen LogP contribution in [0, 0.1) is 5.82 Å². The number of aromatic nitrogens is 4. The third-order valence-electron chi connectivity index (χ3n) is 2.35. The molecule has 0 bridgehead atoms. The van der Waals surface area contributed by atoms with E-state index in [9.17, 15) is 9.18 Å². The molecule has 0 saturated carbocycles. The highest BCUT2D eigenvalue weighted by Gasteiger charge is 2.09. The highest BCUT2D eigenvalue weighted by molar-refractivity contribution is 5.75. The molecule has 1 aromatic carbocycles. The van der Waals surface area contributed by atoms with Crippen LogP contribution in [0.4, 0.5) is 4.39 Å². The Morgan fingerprint density at radius 2 is 2.33 bits per heavy atom. The molecule has 6 nitrogen and oxygen atoms in total. The first-order chi connectivity index (χ1) is 8.70. The summed E-state index contributed by atoms with van der Waals surface area (Å²) >= 11 is 0. The van der Waals surface area contributed by atoms with Crippen LogP contribution < -0.4 is 5.32 Å². The lowest BCUT2D eigenvalue weighted by atomic mass is 10.3. The Morgan fingerprint density at radius 3 is 3.06 bits per heavy atom. The van der Waals surface area contributed by atoms with Crippen molar-refractivity contribution in [3.8, 4) is 5.69 Å². The molecular weight excluding hydrogens is 237 g/mol. The van der Waals surface area contributed by atoms with Crippen LogP contribution in [0.2, 0.25) is 0 Å². The maximum atomic E-state index is 13.1. The van der Waals surface area contributed by atoms with E-state index < -0.39 is 0 Å². The van der Waals surface area contributed by atoms with Gasteiger partial charge in [-0.05, 0) is 28.6 Å². The zero-order valence-electron chi connectivity index (χ0n) is 9.80. The van der Waals surface area contributed by atoms with E-state index in [0.29, 0.717) is 17.9 Å². The van der Waals surface area contributed by atoms with E-state index >= 15 is 0 Å². The van der Waals surface area contributed by atoms with Gasteiger partial charge in [-0.2, -0.15) is 4.68 Å². The summed E-state index contributed by atoms with van der Waals surface area (Å²) in [5.74, 6) is -0.0160. The molecule has 1 N–H and O–H groups in total. The number of benzene rings is 1. The monoisotopic (exact) mass is 249 g/mol. The predicted molar refractivity (Wildman–Crippen MR) is 61.2 cm³/mol. The van der Waals surface area contributed by atoms with Crippen LogP contribution in [-0.4, -0.2) is 26.1 Å². The first-order valence-electron chi connectivity index (χ1n) is 5.50. The number of nitrogens with one attached hydrogen (secondary N) is 1. The number of rotatable bonds is 4. The number of carbonyl (C=O) groups is 1. The SMILES string of the molecule is CCC(=O)NCc1nnnn1-c1cccc(F)c1. The lowest BCUT2D eigenvalue weighted by molar-refractivity contribution is -0.120. The summed E-state index contributed by atoms with van der Waals surface area (Å²) in [6, 6.07) is 5.92. The van der Waals surface area contributed by atoms with Gasteiger partial charge in [0.05, 0.1) is 12.2 Å². The van der Waals surface area contributed by atoms with Crippen molar-refractivity contribution in [1.29, 1.82) is 0 Å². The van der Waals surface area contributed by atoms with E-state index in [0.717, 1.165) is 0 Å². The Morgan fingerprint density at radius 1 is 1.50 bits per heavy atom. The molecule has 0 saturated heterocycles. The van der Waals surface area contributed by atoms with Gasteiger partial charge in [0.2, 0.25) is 5.91 Å². The van der Waals surface area contributed by atoms with Gasteiger partial charge < -0.3 is 5.32 Å². The number of halogens is 1. The summed E-state index contributed by atoms with van der Waals surface area (Å²) in [5, 5.41) is 13.7. The van der Waals surface area contributed by atoms with Crippen molar-refractivity contribution in [3.05, 3.63) is 35.9 Å². The quantitative estimate of drug-likeness (QED) is 0.871. The Hall–Kier alpha value is -2.31. The second-order valence-corrected chi connectivity index (χ2v) is 3.62. The summed E-state index contributed by atoms with van der Waals surface area (Å²) < 4.78 is 14.5. The van der Waals surface area contributed by atoms with E-state index in [2.05, 4.69) is 20.8 Å². The minimum absolute atomic E-state index is 0.0937. The van der Waals surface area contributed by atoms with Crippen LogP contribution in [0.15, 0.2) is 24.3 Å². The van der Waals surface area contributed by atoms with Gasteiger partial charge in [-0.3, -0.25) is 4.79 Å². The lowest BCUT2D eigenvalue weighted by Crippen LogP contribution is -2.23. The van der Waals surface area contributed by atoms with Crippen molar-refractivity contribution in [2.75, 3.05) is 0 Å². The summed E-state index contributed by atoms with van der Waals surface area (Å²) in [4.78, 5) is 11.2. The molecular formula is C11H12FN5O. The molecule has 2 rings (SSSR count). The molecule has 0 fully saturated rings. The molecule has 18 heavy (non-hydrogen) atoms. The molecule has 1 heterocycles. The first-order valence-corrected chi connectivity index (χ1v) is 5.50. The molecule has 0 unspecified atom stereocenters. The predicted octanol–water partition coefficient (Wildman–Crippen LogP) is 0.828. The second-order valence-electron chi connectivity index (χ2n) is 3.62. The minimum Gasteiger partial charge on any atom is -0.349 e. The Bertz CT molecular complexity index is 554. The Kier molecular flexibility index (Phi) is 3.61. The molecule has 0 radical (unpaired) electrons. The van der Waals surface area contributed by atoms with E-state index in [1.807, 2.05) is 0 Å². The molecule has 0 spiro atoms. The number of tetrazole rings is 1. The van der Waals surface area contributed by atoms with Gasteiger partial charge in [0.15, 0.2) is 5.82 Å². The zero-order valence-corrected chi connectivity index (χ0v) is 9.80. The number of hydrogen-bond donors (Lipinski definition) is 1. The van der Waals surface area contributed by atoms with Crippen molar-refractivity contribution in [3.63, 3.8) is 0 Å². The Labute approximate surface area is 103 Å². The molecule has 1 amide bonds. The van der Waals surface area contributed by atoms with Crippen molar-refractivity contribution in [2.45, 2.75) is 19.9 Å². The molecule has 7 heteroatoms. The lowest BCUT2D eigenvalue weighted by Gasteiger charge is -2.05. The number of nitrogens with zero attached hydrogens (tertiary/aromatic N) is 4. The van der Waals surface area contributed by atoms with E-state index in [4.69, 9.17) is 0 Å². The first kappa shape index (κ1) is 12.2. The molecule has 1 aromatic heterocycles. The third kappa shape index (κ3) is 2.68. The highest BCUT2D eigenvalue weighted by atomic mass is 19.1. The standard InChI is InChI=1S/C11H12FN5O/c1-2-11(18)13-7-10-14-15-16-17(10)9-5-3-4-8(12)6-9/h3-6H,2,7H2,1H3,(H,13,18). The average molecular weight is 249 g/mol. The minimum atomic E-state index is -0.369. The van der Waals surface area contributed by atoms with Gasteiger partial charge in [0, 0.05) is 6.42 Å². The van der Waals surface area contributed by atoms with Crippen LogP contribution >= 0.6 is 0 Å². The van der Waals surface area contributed by atoms with E-state index in [-0.39, 0.29) is 18.3 Å². The van der Waals surface area contributed by atoms with Crippen molar-refractivity contribution in [1.82, 2.24) is 25.5 Å². The summed E-state index contributed by atoms with van der Waals surface area (Å²) in [6.07, 6.45) is 0.390.